The third kappa shape index (κ3) is 9.29. The van der Waals surface area contributed by atoms with E-state index >= 15 is 0 Å². The van der Waals surface area contributed by atoms with Gasteiger partial charge in [-0.3, -0.25) is 13.8 Å². The molecule has 2 aliphatic rings. The van der Waals surface area contributed by atoms with Crippen LogP contribution in [0.4, 0.5) is 9.59 Å². The number of aromatic amines is 2. The van der Waals surface area contributed by atoms with Crippen LogP contribution in [0.25, 0.3) is 33.6 Å². The van der Waals surface area contributed by atoms with Crippen molar-refractivity contribution in [3.8, 4) is 33.6 Å². The second kappa shape index (κ2) is 19.3. The van der Waals surface area contributed by atoms with Gasteiger partial charge in [0.1, 0.15) is 34.6 Å². The smallest absolute Gasteiger partial charge is 0.407 e. The van der Waals surface area contributed by atoms with Crippen LogP contribution in [0, 0.1) is 0 Å². The van der Waals surface area contributed by atoms with Gasteiger partial charge in [0.05, 0.1) is 43.4 Å². The number of hydrogen-bond acceptors (Lipinski definition) is 9. The number of aromatic nitrogens is 4. The van der Waals surface area contributed by atoms with E-state index < -0.39 is 41.1 Å². The van der Waals surface area contributed by atoms with Crippen molar-refractivity contribution in [2.24, 2.45) is 0 Å². The van der Waals surface area contributed by atoms with Crippen molar-refractivity contribution < 1.29 is 32.9 Å². The molecule has 330 valence electrons. The molecule has 6 aromatic rings. The van der Waals surface area contributed by atoms with Crippen LogP contribution in [0.2, 0.25) is 5.15 Å². The molecule has 2 unspecified atom stereocenters. The molecule has 2 saturated heterocycles. The van der Waals surface area contributed by atoms with Crippen LogP contribution in [0.5, 0.6) is 0 Å². The molecule has 0 bridgehead atoms. The van der Waals surface area contributed by atoms with Crippen LogP contribution in [0.15, 0.2) is 115 Å². The second-order valence-corrected chi connectivity index (χ2v) is 17.7. The quantitative estimate of drug-likeness (QED) is 0.0955. The molecule has 17 heteroatoms. The van der Waals surface area contributed by atoms with E-state index in [2.05, 4.69) is 20.6 Å². The maximum absolute atomic E-state index is 14.2. The SMILES string of the molecule is COC(=O)NC(C(=O)N1C[C@@H](S(C)=O)C[C@H]1c1nc(-c2ccc(-c3ccc(-c4cnc([C@@H]5CCCN5C(=O)[C@@H](NC(=O)OC)c5ccccc5)[nH]4)cc3)cc2)c(Cl)[nH]1)c1ccccc1. The number of nitrogens with zero attached hydrogens (tertiary/aromatic N) is 4. The molecular weight excluding hydrogens is 856 g/mol. The van der Waals surface area contributed by atoms with Crippen molar-refractivity contribution in [3.63, 3.8) is 0 Å². The molecule has 2 fully saturated rings. The number of nitrogens with one attached hydrogen (secondary N) is 4. The number of imidazole rings is 2. The Morgan fingerprint density at radius 2 is 1.25 bits per heavy atom. The summed E-state index contributed by atoms with van der Waals surface area (Å²) in [5.74, 6) is 0.502. The number of amides is 4. The van der Waals surface area contributed by atoms with Gasteiger partial charge in [-0.05, 0) is 47.1 Å². The Labute approximate surface area is 377 Å². The average Bonchev–Trinajstić information content (AvgIpc) is 4.17. The molecule has 6 atom stereocenters. The number of hydrogen-bond donors (Lipinski definition) is 4. The molecule has 4 heterocycles. The zero-order valence-electron chi connectivity index (χ0n) is 35.3. The minimum Gasteiger partial charge on any atom is -0.453 e. The van der Waals surface area contributed by atoms with Gasteiger partial charge in [-0.15, -0.1) is 0 Å². The van der Waals surface area contributed by atoms with Crippen LogP contribution in [-0.2, 0) is 29.9 Å². The Balaban J connectivity index is 0.967. The molecule has 4 aromatic carbocycles. The molecule has 2 aliphatic heterocycles. The van der Waals surface area contributed by atoms with E-state index in [1.165, 1.54) is 14.2 Å². The minimum absolute atomic E-state index is 0.203. The van der Waals surface area contributed by atoms with Gasteiger partial charge >= 0.3 is 12.2 Å². The average molecular weight is 903 g/mol. The first-order valence-corrected chi connectivity index (χ1v) is 22.8. The molecular formula is C47H47ClN8O7S. The minimum atomic E-state index is -1.23. The van der Waals surface area contributed by atoms with E-state index in [1.807, 2.05) is 72.8 Å². The zero-order chi connectivity index (χ0) is 44.9. The molecule has 0 saturated carbocycles. The fraction of sp³-hybridized carbons (Fsp3) is 0.277. The van der Waals surface area contributed by atoms with E-state index in [4.69, 9.17) is 31.0 Å². The number of benzene rings is 4. The van der Waals surface area contributed by atoms with E-state index in [9.17, 15) is 23.4 Å². The first-order chi connectivity index (χ1) is 31.0. The van der Waals surface area contributed by atoms with Gasteiger partial charge in [-0.25, -0.2) is 19.6 Å². The van der Waals surface area contributed by atoms with E-state index in [-0.39, 0.29) is 29.7 Å². The molecule has 4 N–H and O–H groups in total. The predicted molar refractivity (Wildman–Crippen MR) is 242 cm³/mol. The van der Waals surface area contributed by atoms with E-state index in [1.54, 1.807) is 58.7 Å². The van der Waals surface area contributed by atoms with Gasteiger partial charge in [0.2, 0.25) is 0 Å². The number of H-pyrrole nitrogens is 2. The first kappa shape index (κ1) is 43.9. The van der Waals surface area contributed by atoms with Crippen LogP contribution in [0.3, 0.4) is 0 Å². The lowest BCUT2D eigenvalue weighted by molar-refractivity contribution is -0.135. The van der Waals surface area contributed by atoms with Crippen molar-refractivity contribution in [2.75, 3.05) is 33.6 Å². The highest BCUT2D eigenvalue weighted by Crippen LogP contribution is 2.39. The fourth-order valence-electron chi connectivity index (χ4n) is 8.44. The lowest BCUT2D eigenvalue weighted by Crippen LogP contribution is -2.43. The van der Waals surface area contributed by atoms with Gasteiger partial charge in [0.25, 0.3) is 11.8 Å². The van der Waals surface area contributed by atoms with Gasteiger partial charge < -0.3 is 39.9 Å². The summed E-state index contributed by atoms with van der Waals surface area (Å²) in [6, 6.07) is 31.1. The van der Waals surface area contributed by atoms with Crippen LogP contribution >= 0.6 is 11.6 Å². The molecule has 0 radical (unpaired) electrons. The lowest BCUT2D eigenvalue weighted by atomic mass is 10.0. The summed E-state index contributed by atoms with van der Waals surface area (Å²) >= 11 is 6.79. The Morgan fingerprint density at radius 1 is 0.719 bits per heavy atom. The molecule has 0 spiro atoms. The highest BCUT2D eigenvalue weighted by molar-refractivity contribution is 7.84. The molecule has 64 heavy (non-hydrogen) atoms. The fourth-order valence-corrected chi connectivity index (χ4v) is 9.51. The summed E-state index contributed by atoms with van der Waals surface area (Å²) < 4.78 is 22.4. The van der Waals surface area contributed by atoms with Gasteiger partial charge in [-0.2, -0.15) is 0 Å². The number of methoxy groups -OCH3 is 2. The Hall–Kier alpha value is -6.78. The third-order valence-electron chi connectivity index (χ3n) is 11.8. The molecule has 8 rings (SSSR count). The number of likely N-dealkylation sites (tertiary alicyclic amines) is 2. The van der Waals surface area contributed by atoms with Crippen molar-refractivity contribution in [3.05, 3.63) is 143 Å². The Kier molecular flexibility index (Phi) is 13.2. The lowest BCUT2D eigenvalue weighted by Gasteiger charge is -2.28. The number of halogens is 1. The number of rotatable bonds is 12. The van der Waals surface area contributed by atoms with Gasteiger partial charge in [0, 0.05) is 35.7 Å². The topological polar surface area (TPSA) is 192 Å². The van der Waals surface area contributed by atoms with Crippen LogP contribution in [0.1, 0.15) is 66.2 Å². The van der Waals surface area contributed by atoms with Crippen molar-refractivity contribution in [1.82, 2.24) is 40.4 Å². The number of carbonyl (C=O) groups excluding carboxylic acids is 4. The number of carbonyl (C=O) groups is 4. The second-order valence-electron chi connectivity index (χ2n) is 15.6. The zero-order valence-corrected chi connectivity index (χ0v) is 36.9. The van der Waals surface area contributed by atoms with Crippen molar-refractivity contribution >= 4 is 46.4 Å². The third-order valence-corrected chi connectivity index (χ3v) is 13.4. The molecule has 0 aliphatic carbocycles. The van der Waals surface area contributed by atoms with E-state index in [0.717, 1.165) is 40.8 Å². The number of ether oxygens (including phenoxy) is 2. The summed E-state index contributed by atoms with van der Waals surface area (Å²) in [6.07, 6.45) is 3.86. The largest absolute Gasteiger partial charge is 0.453 e. The first-order valence-electron chi connectivity index (χ1n) is 20.8. The summed E-state index contributed by atoms with van der Waals surface area (Å²) in [6.45, 7) is 0.734. The van der Waals surface area contributed by atoms with Gasteiger partial charge in [-0.1, -0.05) is 121 Å². The Bertz CT molecular complexity index is 2640. The summed E-state index contributed by atoms with van der Waals surface area (Å²) in [5.41, 5.74) is 6.18. The molecule has 2 aromatic heterocycles. The summed E-state index contributed by atoms with van der Waals surface area (Å²) in [4.78, 5) is 72.3. The monoisotopic (exact) mass is 902 g/mol. The molecule has 15 nitrogen and oxygen atoms in total. The van der Waals surface area contributed by atoms with Gasteiger partial charge in [0.15, 0.2) is 0 Å². The predicted octanol–water partition coefficient (Wildman–Crippen LogP) is 7.67. The standard InChI is InChI=1S/C47H47ClN8O7S/c1-62-46(59)52-39(31-11-6-4-7-12-31)44(57)55-24-10-15-36(55)42-49-26-35(50-42)30-20-16-28(17-21-30)29-18-22-33(23-19-29)38-41(48)54-43(51-38)37-25-34(64(3)61)27-56(37)45(58)40(53-47(60)63-2)32-13-8-5-9-14-32/h4-9,11-14,16-23,26,34,36-37,39-40H,10,15,24-25,27H2,1-3H3,(H,49,50)(H,51,54)(H,52,59)(H,53,60)/t34-,36-,37-,39-,40?,64?/m0/s1. The highest BCUT2D eigenvalue weighted by Gasteiger charge is 2.43. The van der Waals surface area contributed by atoms with Crippen LogP contribution in [-0.4, -0.2) is 96.8 Å². The summed E-state index contributed by atoms with van der Waals surface area (Å²) in [7, 11) is 1.27. The van der Waals surface area contributed by atoms with E-state index in [0.29, 0.717) is 46.6 Å². The maximum Gasteiger partial charge on any atom is 0.407 e. The summed E-state index contributed by atoms with van der Waals surface area (Å²) in [5, 5.41) is 5.34. The molecule has 4 amide bonds. The van der Waals surface area contributed by atoms with Crippen LogP contribution < -0.4 is 10.6 Å². The number of alkyl carbamates (subject to hydrolysis) is 2. The maximum atomic E-state index is 14.2. The van der Waals surface area contributed by atoms with Crippen molar-refractivity contribution in [1.29, 1.82) is 0 Å². The highest BCUT2D eigenvalue weighted by atomic mass is 35.5. The Morgan fingerprint density at radius 3 is 1.80 bits per heavy atom. The van der Waals surface area contributed by atoms with Crippen molar-refractivity contribution in [2.45, 2.75) is 48.7 Å². The normalized spacial score (nSPS) is 18.5.